The molecule has 0 saturated heterocycles. The van der Waals surface area contributed by atoms with E-state index < -0.39 is 0 Å². The summed E-state index contributed by atoms with van der Waals surface area (Å²) in [5, 5.41) is 6.98. The largest absolute Gasteiger partial charge is 0.363 e. The van der Waals surface area contributed by atoms with Crippen molar-refractivity contribution >= 4 is 34.8 Å². The number of thiocarbonyl (C=S) groups is 1. The Balaban J connectivity index is 2.14. The van der Waals surface area contributed by atoms with Crippen molar-refractivity contribution in [3.05, 3.63) is 54.6 Å². The lowest BCUT2D eigenvalue weighted by Crippen LogP contribution is -2.28. The summed E-state index contributed by atoms with van der Waals surface area (Å²) in [5.74, 6) is 0. The van der Waals surface area contributed by atoms with Gasteiger partial charge in [0.25, 0.3) is 0 Å². The van der Waals surface area contributed by atoms with Gasteiger partial charge in [-0.15, -0.1) is 0 Å². The molecule has 0 saturated carbocycles. The molecule has 0 aliphatic heterocycles. The van der Waals surface area contributed by atoms with Gasteiger partial charge >= 0.3 is 0 Å². The molecule has 2 aromatic carbocycles. The highest BCUT2D eigenvalue weighted by Crippen LogP contribution is 2.32. The number of benzene rings is 2. The zero-order chi connectivity index (χ0) is 13.5. The van der Waals surface area contributed by atoms with Crippen LogP contribution in [0.3, 0.4) is 0 Å². The van der Waals surface area contributed by atoms with Crippen molar-refractivity contribution in [1.82, 2.24) is 5.32 Å². The van der Waals surface area contributed by atoms with Crippen LogP contribution in [0.25, 0.3) is 0 Å². The van der Waals surface area contributed by atoms with E-state index in [4.69, 9.17) is 12.2 Å². The van der Waals surface area contributed by atoms with Crippen LogP contribution in [0.15, 0.2) is 64.4 Å². The molecule has 2 aromatic rings. The van der Waals surface area contributed by atoms with Gasteiger partial charge in [0, 0.05) is 16.3 Å². The molecule has 2 nitrogen and oxygen atoms in total. The number of nitrogens with one attached hydrogen (secondary N) is 2. The first-order chi connectivity index (χ1) is 9.29. The lowest BCUT2D eigenvalue weighted by molar-refractivity contribution is 0.979. The number of hydrogen-bond donors (Lipinski definition) is 2. The monoisotopic (exact) mass is 288 g/mol. The second-order valence-corrected chi connectivity index (χ2v) is 5.42. The Bertz CT molecular complexity index is 541. The zero-order valence-corrected chi connectivity index (χ0v) is 12.4. The van der Waals surface area contributed by atoms with E-state index in [0.717, 1.165) is 17.1 Å². The highest BCUT2D eigenvalue weighted by molar-refractivity contribution is 7.99. The molecule has 19 heavy (non-hydrogen) atoms. The molecule has 2 rings (SSSR count). The maximum Gasteiger partial charge on any atom is 0.170 e. The summed E-state index contributed by atoms with van der Waals surface area (Å²) in [6.45, 7) is 2.85. The summed E-state index contributed by atoms with van der Waals surface area (Å²) in [6.07, 6.45) is 0. The van der Waals surface area contributed by atoms with Gasteiger partial charge in [0.1, 0.15) is 0 Å². The zero-order valence-electron chi connectivity index (χ0n) is 10.7. The maximum absolute atomic E-state index is 5.23. The van der Waals surface area contributed by atoms with Crippen molar-refractivity contribution in [2.45, 2.75) is 16.7 Å². The van der Waals surface area contributed by atoms with E-state index in [1.807, 2.05) is 43.3 Å². The van der Waals surface area contributed by atoms with Crippen LogP contribution in [0.5, 0.6) is 0 Å². The second-order valence-electron chi connectivity index (χ2n) is 3.90. The van der Waals surface area contributed by atoms with E-state index in [2.05, 4.69) is 28.8 Å². The summed E-state index contributed by atoms with van der Waals surface area (Å²) < 4.78 is 0. The minimum atomic E-state index is 0.656. The number of hydrogen-bond acceptors (Lipinski definition) is 2. The van der Waals surface area contributed by atoms with Crippen LogP contribution in [-0.2, 0) is 0 Å². The summed E-state index contributed by atoms with van der Waals surface area (Å²) in [6, 6.07) is 18.5. The molecule has 98 valence electrons. The topological polar surface area (TPSA) is 24.1 Å². The van der Waals surface area contributed by atoms with Crippen molar-refractivity contribution in [2.24, 2.45) is 0 Å². The molecule has 0 amide bonds. The van der Waals surface area contributed by atoms with E-state index in [-0.39, 0.29) is 0 Å². The molecule has 0 aliphatic rings. The van der Waals surface area contributed by atoms with Gasteiger partial charge in [-0.1, -0.05) is 42.1 Å². The number of rotatable bonds is 4. The Morgan fingerprint density at radius 1 is 1.05 bits per heavy atom. The quantitative estimate of drug-likeness (QED) is 0.826. The number of para-hydroxylation sites is 1. The minimum absolute atomic E-state index is 0.656. The van der Waals surface area contributed by atoms with Crippen LogP contribution in [0.2, 0.25) is 0 Å². The molecule has 0 aromatic heterocycles. The normalized spacial score (nSPS) is 9.95. The average Bonchev–Trinajstić information content (AvgIpc) is 2.42. The van der Waals surface area contributed by atoms with Gasteiger partial charge in [-0.3, -0.25) is 0 Å². The van der Waals surface area contributed by atoms with E-state index in [9.17, 15) is 0 Å². The molecule has 0 aliphatic carbocycles. The van der Waals surface area contributed by atoms with Gasteiger partial charge in [0.2, 0.25) is 0 Å². The Morgan fingerprint density at radius 2 is 1.74 bits per heavy atom. The van der Waals surface area contributed by atoms with Crippen LogP contribution >= 0.6 is 24.0 Å². The van der Waals surface area contributed by atoms with Crippen LogP contribution in [0.4, 0.5) is 5.69 Å². The molecular weight excluding hydrogens is 272 g/mol. The van der Waals surface area contributed by atoms with Crippen molar-refractivity contribution in [3.63, 3.8) is 0 Å². The molecule has 0 bridgehead atoms. The van der Waals surface area contributed by atoms with Crippen molar-refractivity contribution < 1.29 is 0 Å². The Labute approximate surface area is 123 Å². The van der Waals surface area contributed by atoms with Crippen LogP contribution in [0.1, 0.15) is 6.92 Å². The lowest BCUT2D eigenvalue weighted by atomic mass is 10.3. The molecule has 4 heteroatoms. The predicted molar refractivity (Wildman–Crippen MR) is 86.9 cm³/mol. The standard InChI is InChI=1S/C15H16N2S2/c1-2-16-15(18)17-13-10-6-7-11-14(13)19-12-8-4-3-5-9-12/h3-11H,2H2,1H3,(H2,16,17,18). The predicted octanol–water partition coefficient (Wildman–Crippen LogP) is 4.14. The third-order valence-corrected chi connectivity index (χ3v) is 3.77. The SMILES string of the molecule is CCNC(=S)Nc1ccccc1Sc1ccccc1. The smallest absolute Gasteiger partial charge is 0.170 e. The third-order valence-electron chi connectivity index (χ3n) is 2.44. The first kappa shape index (κ1) is 13.9. The van der Waals surface area contributed by atoms with E-state index in [1.54, 1.807) is 11.8 Å². The fourth-order valence-electron chi connectivity index (χ4n) is 1.60. The van der Waals surface area contributed by atoms with Crippen molar-refractivity contribution in [1.29, 1.82) is 0 Å². The molecule has 0 unspecified atom stereocenters. The molecular formula is C15H16N2S2. The van der Waals surface area contributed by atoms with Crippen molar-refractivity contribution in [2.75, 3.05) is 11.9 Å². The second kappa shape index (κ2) is 7.16. The summed E-state index contributed by atoms with van der Waals surface area (Å²) in [4.78, 5) is 2.38. The van der Waals surface area contributed by atoms with Crippen LogP contribution in [-0.4, -0.2) is 11.7 Å². The molecule has 0 heterocycles. The van der Waals surface area contributed by atoms with Gasteiger partial charge in [-0.25, -0.2) is 0 Å². The molecule has 2 N–H and O–H groups in total. The first-order valence-electron chi connectivity index (χ1n) is 6.16. The third kappa shape index (κ3) is 4.26. The van der Waals surface area contributed by atoms with E-state index in [1.165, 1.54) is 4.90 Å². The van der Waals surface area contributed by atoms with Gasteiger partial charge in [0.05, 0.1) is 5.69 Å². The summed E-state index contributed by atoms with van der Waals surface area (Å²) >= 11 is 6.95. The Kier molecular flexibility index (Phi) is 5.24. The molecule has 0 atom stereocenters. The Morgan fingerprint density at radius 3 is 2.47 bits per heavy atom. The van der Waals surface area contributed by atoms with Gasteiger partial charge in [-0.05, 0) is 43.4 Å². The highest BCUT2D eigenvalue weighted by atomic mass is 32.2. The fraction of sp³-hybridized carbons (Fsp3) is 0.133. The van der Waals surface area contributed by atoms with E-state index >= 15 is 0 Å². The van der Waals surface area contributed by atoms with Gasteiger partial charge in [-0.2, -0.15) is 0 Å². The maximum atomic E-state index is 5.23. The Hall–Kier alpha value is -1.52. The van der Waals surface area contributed by atoms with Gasteiger partial charge < -0.3 is 10.6 Å². The summed E-state index contributed by atoms with van der Waals surface area (Å²) in [7, 11) is 0. The fourth-order valence-corrected chi connectivity index (χ4v) is 2.78. The first-order valence-corrected chi connectivity index (χ1v) is 7.39. The van der Waals surface area contributed by atoms with Crippen molar-refractivity contribution in [3.8, 4) is 0 Å². The van der Waals surface area contributed by atoms with Crippen LogP contribution < -0.4 is 10.6 Å². The molecule has 0 fully saturated rings. The van der Waals surface area contributed by atoms with Crippen LogP contribution in [0, 0.1) is 0 Å². The highest BCUT2D eigenvalue weighted by Gasteiger charge is 2.04. The van der Waals surface area contributed by atoms with Gasteiger partial charge in [0.15, 0.2) is 5.11 Å². The van der Waals surface area contributed by atoms with E-state index in [0.29, 0.717) is 5.11 Å². The molecule has 0 radical (unpaired) electrons. The minimum Gasteiger partial charge on any atom is -0.363 e. The average molecular weight is 288 g/mol. The lowest BCUT2D eigenvalue weighted by Gasteiger charge is -2.12. The summed E-state index contributed by atoms with van der Waals surface area (Å²) in [5.41, 5.74) is 1.03. The number of anilines is 1. The molecule has 0 spiro atoms.